The molecule has 1 saturated heterocycles. The average Bonchev–Trinajstić information content (AvgIpc) is 3.01. The standard InChI is InChI=1S/C22H35N3O3/c1-4-28-22(27)21-16(2)19(17(3)23-21)10-11-20(26)25-14-12-24(13-15-25)18-8-6-5-7-9-18/h18,23H,4-15H2,1-3H3. The maximum absolute atomic E-state index is 12.7. The zero-order valence-electron chi connectivity index (χ0n) is 17.7. The number of aryl methyl sites for hydroxylation is 1. The molecular weight excluding hydrogens is 354 g/mol. The van der Waals surface area contributed by atoms with Gasteiger partial charge in [-0.15, -0.1) is 0 Å². The summed E-state index contributed by atoms with van der Waals surface area (Å²) in [5.74, 6) is -0.0968. The van der Waals surface area contributed by atoms with Crippen molar-refractivity contribution in [1.82, 2.24) is 14.8 Å². The number of carbonyl (C=O) groups excluding carboxylic acids is 2. The first-order valence-electron chi connectivity index (χ1n) is 10.9. The Balaban J connectivity index is 1.50. The van der Waals surface area contributed by atoms with Gasteiger partial charge >= 0.3 is 5.97 Å². The highest BCUT2D eigenvalue weighted by molar-refractivity contribution is 5.90. The Labute approximate surface area is 168 Å². The topological polar surface area (TPSA) is 65.6 Å². The minimum atomic E-state index is -0.320. The van der Waals surface area contributed by atoms with Gasteiger partial charge in [-0.25, -0.2) is 4.79 Å². The summed E-state index contributed by atoms with van der Waals surface area (Å²) >= 11 is 0. The highest BCUT2D eigenvalue weighted by atomic mass is 16.5. The molecule has 6 nitrogen and oxygen atoms in total. The number of nitrogens with zero attached hydrogens (tertiary/aromatic N) is 2. The van der Waals surface area contributed by atoms with Crippen molar-refractivity contribution in [2.75, 3.05) is 32.8 Å². The largest absolute Gasteiger partial charge is 0.461 e. The van der Waals surface area contributed by atoms with Crippen molar-refractivity contribution in [1.29, 1.82) is 0 Å². The van der Waals surface area contributed by atoms with Crippen molar-refractivity contribution in [2.45, 2.75) is 71.8 Å². The molecule has 6 heteroatoms. The SMILES string of the molecule is CCOC(=O)c1[nH]c(C)c(CCC(=O)N2CCN(C3CCCCC3)CC2)c1C. The molecule has 1 aromatic heterocycles. The highest BCUT2D eigenvalue weighted by Gasteiger charge is 2.27. The Hall–Kier alpha value is -1.82. The molecule has 1 aliphatic heterocycles. The van der Waals surface area contributed by atoms with Crippen molar-refractivity contribution in [3.05, 3.63) is 22.5 Å². The number of piperazine rings is 1. The van der Waals surface area contributed by atoms with Crippen LogP contribution in [-0.4, -0.2) is 65.5 Å². The van der Waals surface area contributed by atoms with Crippen LogP contribution in [0.1, 0.15) is 72.8 Å². The fraction of sp³-hybridized carbons (Fsp3) is 0.727. The molecule has 3 rings (SSSR count). The first-order chi connectivity index (χ1) is 13.5. The lowest BCUT2D eigenvalue weighted by molar-refractivity contribution is -0.133. The molecule has 1 saturated carbocycles. The second-order valence-corrected chi connectivity index (χ2v) is 8.16. The summed E-state index contributed by atoms with van der Waals surface area (Å²) in [5, 5.41) is 0. The smallest absolute Gasteiger partial charge is 0.355 e. The van der Waals surface area contributed by atoms with Crippen molar-refractivity contribution in [3.63, 3.8) is 0 Å². The van der Waals surface area contributed by atoms with E-state index in [1.807, 2.05) is 18.7 Å². The second kappa shape index (κ2) is 9.59. The van der Waals surface area contributed by atoms with Crippen LogP contribution in [0.15, 0.2) is 0 Å². The number of hydrogen-bond donors (Lipinski definition) is 1. The summed E-state index contributed by atoms with van der Waals surface area (Å²) < 4.78 is 5.11. The zero-order valence-corrected chi connectivity index (χ0v) is 17.7. The van der Waals surface area contributed by atoms with Crippen LogP contribution in [0.2, 0.25) is 0 Å². The Morgan fingerprint density at radius 2 is 1.75 bits per heavy atom. The van der Waals surface area contributed by atoms with E-state index in [1.54, 1.807) is 6.92 Å². The third-order valence-corrected chi connectivity index (χ3v) is 6.42. The average molecular weight is 390 g/mol. The van der Waals surface area contributed by atoms with E-state index in [4.69, 9.17) is 4.74 Å². The molecule has 0 spiro atoms. The third kappa shape index (κ3) is 4.77. The molecule has 1 N–H and O–H groups in total. The highest BCUT2D eigenvalue weighted by Crippen LogP contribution is 2.24. The summed E-state index contributed by atoms with van der Waals surface area (Å²) in [7, 11) is 0. The van der Waals surface area contributed by atoms with Crippen molar-refractivity contribution >= 4 is 11.9 Å². The number of nitrogens with one attached hydrogen (secondary N) is 1. The minimum absolute atomic E-state index is 0.223. The molecule has 0 radical (unpaired) electrons. The maximum Gasteiger partial charge on any atom is 0.355 e. The van der Waals surface area contributed by atoms with E-state index in [9.17, 15) is 9.59 Å². The van der Waals surface area contributed by atoms with Gasteiger partial charge in [-0.1, -0.05) is 19.3 Å². The minimum Gasteiger partial charge on any atom is -0.461 e. The van der Waals surface area contributed by atoms with Crippen LogP contribution >= 0.6 is 0 Å². The van der Waals surface area contributed by atoms with Gasteiger partial charge in [0.05, 0.1) is 6.61 Å². The lowest BCUT2D eigenvalue weighted by Gasteiger charge is -2.40. The number of carbonyl (C=O) groups is 2. The lowest BCUT2D eigenvalue weighted by atomic mass is 9.94. The van der Waals surface area contributed by atoms with Crippen LogP contribution < -0.4 is 0 Å². The van der Waals surface area contributed by atoms with Crippen LogP contribution in [0.5, 0.6) is 0 Å². The summed E-state index contributed by atoms with van der Waals surface area (Å²) in [6.07, 6.45) is 7.89. The van der Waals surface area contributed by atoms with Gasteiger partial charge in [0.15, 0.2) is 0 Å². The molecule has 156 valence electrons. The first kappa shape index (κ1) is 20.9. The van der Waals surface area contributed by atoms with E-state index in [2.05, 4.69) is 9.88 Å². The number of aromatic amines is 1. The second-order valence-electron chi connectivity index (χ2n) is 8.16. The molecular formula is C22H35N3O3. The van der Waals surface area contributed by atoms with E-state index in [0.29, 0.717) is 25.1 Å². The van der Waals surface area contributed by atoms with E-state index in [-0.39, 0.29) is 11.9 Å². The number of ether oxygens (including phenoxy) is 1. The number of hydrogen-bond acceptors (Lipinski definition) is 4. The molecule has 1 amide bonds. The Morgan fingerprint density at radius 1 is 1.07 bits per heavy atom. The van der Waals surface area contributed by atoms with Crippen LogP contribution in [0.25, 0.3) is 0 Å². The van der Waals surface area contributed by atoms with Gasteiger partial charge in [-0.05, 0) is 51.2 Å². The van der Waals surface area contributed by atoms with E-state index in [0.717, 1.165) is 49.0 Å². The van der Waals surface area contributed by atoms with Gasteiger partial charge in [-0.2, -0.15) is 0 Å². The zero-order chi connectivity index (χ0) is 20.1. The quantitative estimate of drug-likeness (QED) is 0.759. The van der Waals surface area contributed by atoms with Gasteiger partial charge in [0.2, 0.25) is 5.91 Å². The van der Waals surface area contributed by atoms with E-state index < -0.39 is 0 Å². The van der Waals surface area contributed by atoms with Gasteiger partial charge < -0.3 is 14.6 Å². The number of aromatic nitrogens is 1. The Kier molecular flexibility index (Phi) is 7.16. The van der Waals surface area contributed by atoms with Gasteiger partial charge in [0.1, 0.15) is 5.69 Å². The predicted molar refractivity (Wildman–Crippen MR) is 110 cm³/mol. The molecule has 28 heavy (non-hydrogen) atoms. The fourth-order valence-corrected chi connectivity index (χ4v) is 4.74. The summed E-state index contributed by atoms with van der Waals surface area (Å²) in [6, 6.07) is 0.734. The van der Waals surface area contributed by atoms with Crippen LogP contribution in [-0.2, 0) is 16.0 Å². The molecule has 1 aliphatic carbocycles. The van der Waals surface area contributed by atoms with Crippen LogP contribution in [0.4, 0.5) is 0 Å². The monoisotopic (exact) mass is 389 g/mol. The van der Waals surface area contributed by atoms with Crippen molar-refractivity contribution < 1.29 is 14.3 Å². The molecule has 0 aromatic carbocycles. The van der Waals surface area contributed by atoms with Crippen LogP contribution in [0, 0.1) is 13.8 Å². The number of amides is 1. The third-order valence-electron chi connectivity index (χ3n) is 6.42. The van der Waals surface area contributed by atoms with Gasteiger partial charge in [-0.3, -0.25) is 9.69 Å². The molecule has 0 unspecified atom stereocenters. The van der Waals surface area contributed by atoms with E-state index >= 15 is 0 Å². The fourth-order valence-electron chi connectivity index (χ4n) is 4.74. The van der Waals surface area contributed by atoms with Crippen LogP contribution in [0.3, 0.4) is 0 Å². The molecule has 1 aromatic rings. The van der Waals surface area contributed by atoms with E-state index in [1.165, 1.54) is 32.1 Å². The molecule has 0 bridgehead atoms. The molecule has 0 atom stereocenters. The predicted octanol–water partition coefficient (Wildman–Crippen LogP) is 3.22. The first-order valence-corrected chi connectivity index (χ1v) is 10.9. The summed E-state index contributed by atoms with van der Waals surface area (Å²) in [5.41, 5.74) is 3.45. The molecule has 2 fully saturated rings. The molecule has 2 aliphatic rings. The summed E-state index contributed by atoms with van der Waals surface area (Å²) in [6.45, 7) is 9.74. The lowest BCUT2D eigenvalue weighted by Crippen LogP contribution is -2.52. The summed E-state index contributed by atoms with van der Waals surface area (Å²) in [4.78, 5) is 32.5. The molecule has 2 heterocycles. The maximum atomic E-state index is 12.7. The van der Waals surface area contributed by atoms with Crippen molar-refractivity contribution in [3.8, 4) is 0 Å². The van der Waals surface area contributed by atoms with Crippen molar-refractivity contribution in [2.24, 2.45) is 0 Å². The number of H-pyrrole nitrogens is 1. The normalized spacial score (nSPS) is 19.0. The van der Waals surface area contributed by atoms with Gasteiger partial charge in [0.25, 0.3) is 0 Å². The number of esters is 1. The van der Waals surface area contributed by atoms with Gasteiger partial charge in [0, 0.05) is 44.3 Å². The number of rotatable bonds is 6. The Morgan fingerprint density at radius 3 is 2.39 bits per heavy atom. The Bertz CT molecular complexity index is 683.